The summed E-state index contributed by atoms with van der Waals surface area (Å²) < 4.78 is 15.5. The quantitative estimate of drug-likeness (QED) is 0.910. The number of hydrogen-bond acceptors (Lipinski definition) is 4. The number of benzene rings is 1. The van der Waals surface area contributed by atoms with E-state index < -0.39 is 24.1 Å². The Morgan fingerprint density at radius 2 is 2.18 bits per heavy atom. The summed E-state index contributed by atoms with van der Waals surface area (Å²) in [5.41, 5.74) is -1.37. The van der Waals surface area contributed by atoms with Crippen LogP contribution in [0.25, 0.3) is 5.69 Å². The summed E-state index contributed by atoms with van der Waals surface area (Å²) >= 11 is 0. The van der Waals surface area contributed by atoms with Gasteiger partial charge in [0.05, 0.1) is 24.6 Å². The molecule has 1 aromatic carbocycles. The number of carbonyl (C=O) groups excluding carboxylic acids is 1. The van der Waals surface area contributed by atoms with Gasteiger partial charge in [0.15, 0.2) is 0 Å². The Labute approximate surface area is 125 Å². The fourth-order valence-electron chi connectivity index (χ4n) is 2.43. The first-order chi connectivity index (χ1) is 10.5. The van der Waals surface area contributed by atoms with Gasteiger partial charge in [0.25, 0.3) is 5.91 Å². The third-order valence-corrected chi connectivity index (χ3v) is 3.67. The standard InChI is InChI=1S/C14H13FN4O3/c15-14(13(21)22)4-6-18(9-14)12(20)10-2-1-3-11(8-10)19-7-5-16-17-19/h1-3,5,7-8H,4,6,9H2,(H,21,22)/t14-/m0/s1. The predicted octanol–water partition coefficient (Wildman–Crippen LogP) is 0.906. The minimum atomic E-state index is -2.36. The van der Waals surface area contributed by atoms with Crippen molar-refractivity contribution in [3.63, 3.8) is 0 Å². The third-order valence-electron chi connectivity index (χ3n) is 3.67. The highest BCUT2D eigenvalue weighted by Gasteiger charge is 2.46. The fraction of sp³-hybridized carbons (Fsp3) is 0.286. The molecule has 114 valence electrons. The lowest BCUT2D eigenvalue weighted by Crippen LogP contribution is -2.38. The molecule has 0 saturated carbocycles. The summed E-state index contributed by atoms with van der Waals surface area (Å²) in [5, 5.41) is 16.4. The van der Waals surface area contributed by atoms with Crippen LogP contribution >= 0.6 is 0 Å². The summed E-state index contributed by atoms with van der Waals surface area (Å²) in [6.07, 6.45) is 2.95. The van der Waals surface area contributed by atoms with Crippen molar-refractivity contribution < 1.29 is 19.1 Å². The number of rotatable bonds is 3. The molecule has 8 heteroatoms. The van der Waals surface area contributed by atoms with Crippen molar-refractivity contribution in [2.45, 2.75) is 12.1 Å². The first kappa shape index (κ1) is 14.2. The van der Waals surface area contributed by atoms with Crippen LogP contribution in [0.5, 0.6) is 0 Å². The Morgan fingerprint density at radius 3 is 2.82 bits per heavy atom. The molecule has 1 N–H and O–H groups in total. The molecule has 2 aromatic rings. The highest BCUT2D eigenvalue weighted by atomic mass is 19.1. The number of aliphatic carboxylic acids is 1. The Balaban J connectivity index is 1.82. The number of nitrogens with zero attached hydrogens (tertiary/aromatic N) is 4. The molecule has 2 heterocycles. The molecule has 22 heavy (non-hydrogen) atoms. The lowest BCUT2D eigenvalue weighted by atomic mass is 10.1. The third kappa shape index (κ3) is 2.43. The van der Waals surface area contributed by atoms with Gasteiger partial charge >= 0.3 is 5.97 Å². The van der Waals surface area contributed by atoms with Crippen LogP contribution in [0.15, 0.2) is 36.7 Å². The molecule has 7 nitrogen and oxygen atoms in total. The molecule has 1 aromatic heterocycles. The van der Waals surface area contributed by atoms with E-state index >= 15 is 0 Å². The van der Waals surface area contributed by atoms with E-state index in [9.17, 15) is 14.0 Å². The van der Waals surface area contributed by atoms with E-state index in [1.807, 2.05) is 0 Å². The van der Waals surface area contributed by atoms with Crippen LogP contribution in [-0.4, -0.2) is 55.6 Å². The number of carboxylic acid groups (broad SMARTS) is 1. The minimum absolute atomic E-state index is 0.0786. The minimum Gasteiger partial charge on any atom is -0.479 e. The molecule has 1 aliphatic heterocycles. The largest absolute Gasteiger partial charge is 0.479 e. The van der Waals surface area contributed by atoms with Crippen molar-refractivity contribution >= 4 is 11.9 Å². The highest BCUT2D eigenvalue weighted by Crippen LogP contribution is 2.27. The van der Waals surface area contributed by atoms with Crippen molar-refractivity contribution in [1.82, 2.24) is 19.9 Å². The van der Waals surface area contributed by atoms with Crippen molar-refractivity contribution in [3.05, 3.63) is 42.2 Å². The fourth-order valence-corrected chi connectivity index (χ4v) is 2.43. The average Bonchev–Trinajstić information content (AvgIpc) is 3.17. The maximum atomic E-state index is 14.0. The van der Waals surface area contributed by atoms with Gasteiger partial charge in [-0.2, -0.15) is 0 Å². The van der Waals surface area contributed by atoms with Gasteiger partial charge in [0, 0.05) is 18.5 Å². The van der Waals surface area contributed by atoms with E-state index in [0.717, 1.165) is 0 Å². The van der Waals surface area contributed by atoms with Crippen molar-refractivity contribution in [3.8, 4) is 5.69 Å². The number of amides is 1. The van der Waals surface area contributed by atoms with E-state index in [1.54, 1.807) is 30.5 Å². The first-order valence-corrected chi connectivity index (χ1v) is 6.68. The normalized spacial score (nSPS) is 21.0. The van der Waals surface area contributed by atoms with Gasteiger partial charge in [-0.15, -0.1) is 5.10 Å². The van der Waals surface area contributed by atoms with E-state index in [-0.39, 0.29) is 13.0 Å². The van der Waals surface area contributed by atoms with Crippen LogP contribution in [0.3, 0.4) is 0 Å². The second-order valence-electron chi connectivity index (χ2n) is 5.15. The van der Waals surface area contributed by atoms with Gasteiger partial charge in [-0.3, -0.25) is 4.79 Å². The molecule has 1 atom stereocenters. The summed E-state index contributed by atoms with van der Waals surface area (Å²) in [5.74, 6) is -1.93. The van der Waals surface area contributed by atoms with Gasteiger partial charge < -0.3 is 10.0 Å². The molecule has 1 fully saturated rings. The molecule has 0 bridgehead atoms. The second kappa shape index (κ2) is 5.21. The molecule has 1 aliphatic rings. The molecule has 0 unspecified atom stereocenters. The van der Waals surface area contributed by atoms with Crippen LogP contribution in [-0.2, 0) is 4.79 Å². The second-order valence-corrected chi connectivity index (χ2v) is 5.15. The monoisotopic (exact) mass is 304 g/mol. The number of hydrogen-bond donors (Lipinski definition) is 1. The number of carbonyl (C=O) groups is 2. The lowest BCUT2D eigenvalue weighted by molar-refractivity contribution is -0.149. The molecular formula is C14H13FN4O3. The zero-order valence-electron chi connectivity index (χ0n) is 11.5. The van der Waals surface area contributed by atoms with E-state index in [2.05, 4.69) is 10.3 Å². The van der Waals surface area contributed by atoms with Gasteiger partial charge in [-0.25, -0.2) is 13.9 Å². The molecule has 0 spiro atoms. The molecule has 1 saturated heterocycles. The SMILES string of the molecule is O=C(c1cccc(-n2ccnn2)c1)N1CC[C@@](F)(C(=O)O)C1. The van der Waals surface area contributed by atoms with Gasteiger partial charge in [0.2, 0.25) is 5.67 Å². The topological polar surface area (TPSA) is 88.3 Å². The summed E-state index contributed by atoms with van der Waals surface area (Å²) in [6.45, 7) is -0.357. The first-order valence-electron chi connectivity index (χ1n) is 6.68. The number of carboxylic acids is 1. The highest BCUT2D eigenvalue weighted by molar-refractivity contribution is 5.95. The zero-order valence-corrected chi connectivity index (χ0v) is 11.5. The molecular weight excluding hydrogens is 291 g/mol. The van der Waals surface area contributed by atoms with Crippen LogP contribution < -0.4 is 0 Å². The van der Waals surface area contributed by atoms with Crippen molar-refractivity contribution in [2.75, 3.05) is 13.1 Å². The van der Waals surface area contributed by atoms with Crippen LogP contribution in [0.2, 0.25) is 0 Å². The maximum absolute atomic E-state index is 14.0. The lowest BCUT2D eigenvalue weighted by Gasteiger charge is -2.18. The number of alkyl halides is 1. The van der Waals surface area contributed by atoms with Gasteiger partial charge in [-0.1, -0.05) is 11.3 Å². The zero-order chi connectivity index (χ0) is 15.7. The van der Waals surface area contributed by atoms with E-state index in [1.165, 1.54) is 15.8 Å². The number of aromatic nitrogens is 3. The smallest absolute Gasteiger partial charge is 0.343 e. The maximum Gasteiger partial charge on any atom is 0.343 e. The Morgan fingerprint density at radius 1 is 1.36 bits per heavy atom. The van der Waals surface area contributed by atoms with Gasteiger partial charge in [0.1, 0.15) is 0 Å². The molecule has 1 amide bonds. The number of halogens is 1. The Kier molecular flexibility index (Phi) is 3.36. The summed E-state index contributed by atoms with van der Waals surface area (Å²) in [4.78, 5) is 24.5. The van der Waals surface area contributed by atoms with E-state index in [0.29, 0.717) is 11.3 Å². The molecule has 3 rings (SSSR count). The molecule has 0 radical (unpaired) electrons. The predicted molar refractivity (Wildman–Crippen MR) is 73.4 cm³/mol. The Hall–Kier alpha value is -2.77. The van der Waals surface area contributed by atoms with Gasteiger partial charge in [-0.05, 0) is 18.2 Å². The van der Waals surface area contributed by atoms with E-state index in [4.69, 9.17) is 5.11 Å². The number of likely N-dealkylation sites (tertiary alicyclic amines) is 1. The summed E-state index contributed by atoms with van der Waals surface area (Å²) in [6, 6.07) is 6.64. The van der Waals surface area contributed by atoms with Crippen molar-refractivity contribution in [2.24, 2.45) is 0 Å². The van der Waals surface area contributed by atoms with Crippen LogP contribution in [0, 0.1) is 0 Å². The van der Waals surface area contributed by atoms with Crippen LogP contribution in [0.1, 0.15) is 16.8 Å². The Bertz CT molecular complexity index is 719. The van der Waals surface area contributed by atoms with Crippen LogP contribution in [0.4, 0.5) is 4.39 Å². The average molecular weight is 304 g/mol. The van der Waals surface area contributed by atoms with Crippen molar-refractivity contribution in [1.29, 1.82) is 0 Å². The molecule has 0 aliphatic carbocycles. The summed E-state index contributed by atoms with van der Waals surface area (Å²) in [7, 11) is 0.